The van der Waals surface area contributed by atoms with E-state index in [4.69, 9.17) is 16.3 Å². The number of alkyl halides is 3. The van der Waals surface area contributed by atoms with Crippen molar-refractivity contribution in [3.63, 3.8) is 0 Å². The van der Waals surface area contributed by atoms with E-state index in [2.05, 4.69) is 13.8 Å². The van der Waals surface area contributed by atoms with E-state index in [1.165, 1.54) is 25.3 Å². The first kappa shape index (κ1) is 19.1. The monoisotopic (exact) mass is 310 g/mol. The first-order valence-electron chi connectivity index (χ1n) is 6.78. The molecule has 0 heterocycles. The highest BCUT2D eigenvalue weighted by atomic mass is 35.5. The summed E-state index contributed by atoms with van der Waals surface area (Å²) in [5.41, 5.74) is -0.845. The van der Waals surface area contributed by atoms with Gasteiger partial charge < -0.3 is 4.74 Å². The van der Waals surface area contributed by atoms with Crippen molar-refractivity contribution in [2.75, 3.05) is 0 Å². The second-order valence-electron chi connectivity index (χ2n) is 4.38. The molecule has 0 saturated heterocycles. The van der Waals surface area contributed by atoms with Crippen LogP contribution in [0.5, 0.6) is 0 Å². The second kappa shape index (κ2) is 9.92. The molecule has 116 valence electrons. The van der Waals surface area contributed by atoms with Crippen LogP contribution in [0.2, 0.25) is 0 Å². The summed E-state index contributed by atoms with van der Waals surface area (Å²) in [4.78, 5) is 0. The van der Waals surface area contributed by atoms with Gasteiger partial charge in [0.15, 0.2) is 0 Å². The molecule has 0 aromatic carbocycles. The highest BCUT2D eigenvalue weighted by molar-refractivity contribution is 6.32. The molecule has 0 saturated carbocycles. The minimum absolute atomic E-state index is 0.109. The Balaban J connectivity index is 4.56. The molecule has 0 radical (unpaired) electrons. The molecule has 0 bridgehead atoms. The molecule has 0 rings (SSSR count). The molecule has 20 heavy (non-hydrogen) atoms. The molecule has 0 aromatic heterocycles. The van der Waals surface area contributed by atoms with Crippen LogP contribution in [-0.4, -0.2) is 12.3 Å². The Bertz CT molecular complexity index is 351. The summed E-state index contributed by atoms with van der Waals surface area (Å²) in [5, 5.41) is -0.345. The second-order valence-corrected chi connectivity index (χ2v) is 4.79. The van der Waals surface area contributed by atoms with Crippen LogP contribution >= 0.6 is 11.6 Å². The zero-order valence-electron chi connectivity index (χ0n) is 12.1. The normalized spacial score (nSPS) is 14.4. The van der Waals surface area contributed by atoms with Crippen molar-refractivity contribution in [2.45, 2.75) is 58.7 Å². The molecule has 1 nitrogen and oxygen atoms in total. The van der Waals surface area contributed by atoms with Gasteiger partial charge in [0.2, 0.25) is 0 Å². The Morgan fingerprint density at radius 2 is 1.75 bits per heavy atom. The lowest BCUT2D eigenvalue weighted by molar-refractivity contribution is -0.0887. The molecule has 0 amide bonds. The Morgan fingerprint density at radius 3 is 2.15 bits per heavy atom. The topological polar surface area (TPSA) is 9.23 Å². The van der Waals surface area contributed by atoms with Gasteiger partial charge in [-0.2, -0.15) is 13.2 Å². The fourth-order valence-electron chi connectivity index (χ4n) is 1.73. The number of allylic oxidation sites excluding steroid dienone is 5. The summed E-state index contributed by atoms with van der Waals surface area (Å²) >= 11 is 5.64. The molecule has 0 aliphatic carbocycles. The number of hydrogen-bond donors (Lipinski definition) is 0. The molecule has 0 atom stereocenters. The third-order valence-electron chi connectivity index (χ3n) is 2.66. The van der Waals surface area contributed by atoms with Crippen molar-refractivity contribution >= 4 is 11.6 Å². The first-order chi connectivity index (χ1) is 9.36. The predicted molar refractivity (Wildman–Crippen MR) is 77.6 cm³/mol. The molecule has 5 heteroatoms. The Kier molecular flexibility index (Phi) is 9.47. The Labute approximate surface area is 124 Å². The molecule has 0 spiro atoms. The standard InChI is InChI=1S/C15H22ClF3O/c1-4-8-12(9-5-2)20-11-7-10-14(16)13(6-3)15(17,18)19/h6-7,10-12H,4-5,8-9H2,1-3H3/b11-7+,13-6+,14-10+. The van der Waals surface area contributed by atoms with Gasteiger partial charge in [0.05, 0.1) is 23.0 Å². The molecular weight excluding hydrogens is 289 g/mol. The third kappa shape index (κ3) is 7.63. The van der Waals surface area contributed by atoms with Gasteiger partial charge in [-0.1, -0.05) is 44.4 Å². The minimum atomic E-state index is -4.44. The molecular formula is C15H22ClF3O. The lowest BCUT2D eigenvalue weighted by Crippen LogP contribution is -2.11. The average Bonchev–Trinajstić information content (AvgIpc) is 2.34. The van der Waals surface area contributed by atoms with Gasteiger partial charge in [-0.05, 0) is 31.9 Å². The van der Waals surface area contributed by atoms with Crippen LogP contribution in [0, 0.1) is 0 Å². The van der Waals surface area contributed by atoms with Gasteiger partial charge in [0, 0.05) is 0 Å². The van der Waals surface area contributed by atoms with Gasteiger partial charge in [-0.25, -0.2) is 0 Å². The number of halogens is 4. The number of rotatable bonds is 8. The van der Waals surface area contributed by atoms with Crippen molar-refractivity contribution < 1.29 is 17.9 Å². The van der Waals surface area contributed by atoms with Gasteiger partial charge in [0.1, 0.15) is 0 Å². The maximum atomic E-state index is 12.6. The van der Waals surface area contributed by atoms with E-state index in [-0.39, 0.29) is 11.1 Å². The lowest BCUT2D eigenvalue weighted by Gasteiger charge is -2.14. The zero-order valence-corrected chi connectivity index (χ0v) is 12.9. The molecule has 0 aliphatic heterocycles. The quantitative estimate of drug-likeness (QED) is 0.388. The summed E-state index contributed by atoms with van der Waals surface area (Å²) in [6, 6.07) is 0. The first-order valence-corrected chi connectivity index (χ1v) is 7.16. The van der Waals surface area contributed by atoms with Gasteiger partial charge >= 0.3 is 6.18 Å². The minimum Gasteiger partial charge on any atom is -0.498 e. The molecule has 0 aromatic rings. The SMILES string of the molecule is C\C=C(/C(Cl)=C\C=C\OC(CCC)CCC)C(F)(F)F. The predicted octanol–water partition coefficient (Wildman–Crippen LogP) is 6.12. The van der Waals surface area contributed by atoms with Gasteiger partial charge in [-0.3, -0.25) is 0 Å². The summed E-state index contributed by atoms with van der Waals surface area (Å²) in [7, 11) is 0. The summed E-state index contributed by atoms with van der Waals surface area (Å²) in [5.74, 6) is 0. The number of ether oxygens (including phenoxy) is 1. The molecule has 0 N–H and O–H groups in total. The Hall–Kier alpha value is -0.900. The molecule has 0 fully saturated rings. The van der Waals surface area contributed by atoms with Gasteiger partial charge in [-0.15, -0.1) is 0 Å². The highest BCUT2D eigenvalue weighted by Gasteiger charge is 2.34. The van der Waals surface area contributed by atoms with E-state index in [0.29, 0.717) is 0 Å². The van der Waals surface area contributed by atoms with E-state index in [1.54, 1.807) is 0 Å². The lowest BCUT2D eigenvalue weighted by atomic mass is 10.1. The summed E-state index contributed by atoms with van der Waals surface area (Å²) < 4.78 is 43.2. The largest absolute Gasteiger partial charge is 0.498 e. The van der Waals surface area contributed by atoms with Crippen molar-refractivity contribution in [3.05, 3.63) is 35.1 Å². The zero-order chi connectivity index (χ0) is 15.6. The highest BCUT2D eigenvalue weighted by Crippen LogP contribution is 2.32. The average molecular weight is 311 g/mol. The number of hydrogen-bond acceptors (Lipinski definition) is 1. The Morgan fingerprint density at radius 1 is 1.20 bits per heavy atom. The van der Waals surface area contributed by atoms with Crippen molar-refractivity contribution in [3.8, 4) is 0 Å². The van der Waals surface area contributed by atoms with E-state index in [0.717, 1.165) is 31.8 Å². The fourth-order valence-corrected chi connectivity index (χ4v) is 2.02. The fraction of sp³-hybridized carbons (Fsp3) is 0.600. The van der Waals surface area contributed by atoms with Crippen LogP contribution in [0.3, 0.4) is 0 Å². The van der Waals surface area contributed by atoms with E-state index >= 15 is 0 Å². The van der Waals surface area contributed by atoms with Crippen LogP contribution in [-0.2, 0) is 4.74 Å². The van der Waals surface area contributed by atoms with Crippen molar-refractivity contribution in [2.24, 2.45) is 0 Å². The van der Waals surface area contributed by atoms with Crippen molar-refractivity contribution in [1.82, 2.24) is 0 Å². The van der Waals surface area contributed by atoms with E-state index < -0.39 is 11.7 Å². The smallest absolute Gasteiger partial charge is 0.417 e. The van der Waals surface area contributed by atoms with Crippen LogP contribution in [0.25, 0.3) is 0 Å². The van der Waals surface area contributed by atoms with Crippen LogP contribution < -0.4 is 0 Å². The maximum Gasteiger partial charge on any atom is 0.417 e. The maximum absolute atomic E-state index is 12.6. The van der Waals surface area contributed by atoms with Gasteiger partial charge in [0.25, 0.3) is 0 Å². The van der Waals surface area contributed by atoms with Crippen LogP contribution in [0.1, 0.15) is 46.5 Å². The molecule has 0 unspecified atom stereocenters. The summed E-state index contributed by atoms with van der Waals surface area (Å²) in [6.45, 7) is 5.43. The van der Waals surface area contributed by atoms with Crippen LogP contribution in [0.15, 0.2) is 35.1 Å². The van der Waals surface area contributed by atoms with E-state index in [1.807, 2.05) is 0 Å². The third-order valence-corrected chi connectivity index (χ3v) is 2.99. The van der Waals surface area contributed by atoms with E-state index in [9.17, 15) is 13.2 Å². The molecule has 0 aliphatic rings. The van der Waals surface area contributed by atoms with Crippen molar-refractivity contribution in [1.29, 1.82) is 0 Å². The van der Waals surface area contributed by atoms with Crippen LogP contribution in [0.4, 0.5) is 13.2 Å². The summed E-state index contributed by atoms with van der Waals surface area (Å²) in [6.07, 6.45) is 4.48.